The highest BCUT2D eigenvalue weighted by Gasteiger charge is 2.53. The van der Waals surface area contributed by atoms with E-state index in [0.29, 0.717) is 6.54 Å². The van der Waals surface area contributed by atoms with Gasteiger partial charge in [0.15, 0.2) is 0 Å². The number of hydrogen-bond acceptors (Lipinski definition) is 3. The quantitative estimate of drug-likeness (QED) is 0.828. The van der Waals surface area contributed by atoms with Crippen molar-refractivity contribution in [3.63, 3.8) is 0 Å². The number of hydrogen-bond donors (Lipinski definition) is 2. The smallest absolute Gasteiger partial charge is 0.0764 e. The van der Waals surface area contributed by atoms with E-state index >= 15 is 0 Å². The van der Waals surface area contributed by atoms with Gasteiger partial charge >= 0.3 is 0 Å². The minimum atomic E-state index is -0.632. The average Bonchev–Trinajstić information content (AvgIpc) is 2.37. The summed E-state index contributed by atoms with van der Waals surface area (Å²) in [6.07, 6.45) is 7.65. The minimum absolute atomic E-state index is 0.0851. The van der Waals surface area contributed by atoms with Crippen molar-refractivity contribution in [1.82, 2.24) is 0 Å². The molecule has 4 unspecified atom stereocenters. The second-order valence-electron chi connectivity index (χ2n) is 7.05. The fourth-order valence-corrected chi connectivity index (χ4v) is 4.59. The molecule has 1 aliphatic heterocycles. The summed E-state index contributed by atoms with van der Waals surface area (Å²) in [5.41, 5.74) is 5.44. The van der Waals surface area contributed by atoms with E-state index < -0.39 is 5.60 Å². The van der Waals surface area contributed by atoms with Crippen molar-refractivity contribution in [2.24, 2.45) is 17.1 Å². The second-order valence-corrected chi connectivity index (χ2v) is 7.05. The summed E-state index contributed by atoms with van der Waals surface area (Å²) < 4.78 is 5.81. The van der Waals surface area contributed by atoms with Gasteiger partial charge in [-0.1, -0.05) is 26.2 Å². The van der Waals surface area contributed by atoms with Crippen molar-refractivity contribution in [2.45, 2.75) is 83.5 Å². The lowest BCUT2D eigenvalue weighted by Gasteiger charge is -2.54. The van der Waals surface area contributed by atoms with Gasteiger partial charge in [0.1, 0.15) is 0 Å². The van der Waals surface area contributed by atoms with Crippen molar-refractivity contribution in [1.29, 1.82) is 0 Å². The molecule has 3 nitrogen and oxygen atoms in total. The van der Waals surface area contributed by atoms with E-state index in [9.17, 15) is 5.11 Å². The normalized spacial score (nSPS) is 48.2. The summed E-state index contributed by atoms with van der Waals surface area (Å²) >= 11 is 0. The lowest BCUT2D eigenvalue weighted by molar-refractivity contribution is -0.197. The molecule has 0 aromatic carbocycles. The van der Waals surface area contributed by atoms with Crippen LogP contribution in [0.25, 0.3) is 0 Å². The predicted octanol–water partition coefficient (Wildman–Crippen LogP) is 2.85. The standard InChI is InChI=1S/C16H31NO2/c1-4-14-6-5-7-15(10-14,11-17)16(18)8-12(2)19-13(3)9-16/h12-14,18H,4-11,17H2,1-3H3. The monoisotopic (exact) mass is 269 g/mol. The maximum atomic E-state index is 11.3. The largest absolute Gasteiger partial charge is 0.389 e. The summed E-state index contributed by atoms with van der Waals surface area (Å²) in [5.74, 6) is 0.731. The fourth-order valence-electron chi connectivity index (χ4n) is 4.59. The van der Waals surface area contributed by atoms with Crippen molar-refractivity contribution < 1.29 is 9.84 Å². The third-order valence-electron chi connectivity index (χ3n) is 5.62. The molecule has 0 aromatic rings. The van der Waals surface area contributed by atoms with Gasteiger partial charge in [-0.05, 0) is 32.6 Å². The van der Waals surface area contributed by atoms with Gasteiger partial charge in [-0.2, -0.15) is 0 Å². The molecule has 0 amide bonds. The molecule has 2 fully saturated rings. The van der Waals surface area contributed by atoms with Crippen LogP contribution in [0.3, 0.4) is 0 Å². The topological polar surface area (TPSA) is 55.5 Å². The summed E-state index contributed by atoms with van der Waals surface area (Å²) in [6.45, 7) is 7.02. The van der Waals surface area contributed by atoms with Gasteiger partial charge in [0, 0.05) is 24.8 Å². The lowest BCUT2D eigenvalue weighted by Crippen LogP contribution is -2.59. The van der Waals surface area contributed by atoms with Gasteiger partial charge in [-0.15, -0.1) is 0 Å². The zero-order valence-electron chi connectivity index (χ0n) is 12.8. The van der Waals surface area contributed by atoms with Crippen molar-refractivity contribution in [3.8, 4) is 0 Å². The minimum Gasteiger partial charge on any atom is -0.389 e. The molecule has 1 heterocycles. The highest BCUT2D eigenvalue weighted by atomic mass is 16.5. The molecule has 3 N–H and O–H groups in total. The Hall–Kier alpha value is -0.120. The highest BCUT2D eigenvalue weighted by Crippen LogP contribution is 2.52. The molecule has 4 atom stereocenters. The highest BCUT2D eigenvalue weighted by molar-refractivity contribution is 5.05. The Kier molecular flexibility index (Phi) is 4.59. The summed E-state index contributed by atoms with van der Waals surface area (Å²) in [5, 5.41) is 11.3. The Morgan fingerprint density at radius 1 is 1.21 bits per heavy atom. The Labute approximate surface area is 117 Å². The van der Waals surface area contributed by atoms with Crippen molar-refractivity contribution >= 4 is 0 Å². The van der Waals surface area contributed by atoms with Gasteiger partial charge < -0.3 is 15.6 Å². The first-order chi connectivity index (χ1) is 8.94. The Bertz CT molecular complexity index is 297. The molecule has 1 saturated carbocycles. The summed E-state index contributed by atoms with van der Waals surface area (Å²) in [6, 6.07) is 0. The second kappa shape index (κ2) is 5.71. The van der Waals surface area contributed by atoms with Crippen LogP contribution in [0.15, 0.2) is 0 Å². The molecule has 3 heteroatoms. The molecule has 1 aliphatic carbocycles. The molecule has 0 radical (unpaired) electrons. The van der Waals surface area contributed by atoms with E-state index in [0.717, 1.165) is 31.6 Å². The lowest BCUT2D eigenvalue weighted by atomic mass is 9.57. The molecule has 2 rings (SSSR count). The molecular weight excluding hydrogens is 238 g/mol. The van der Waals surface area contributed by atoms with Crippen LogP contribution in [0.4, 0.5) is 0 Å². The van der Waals surface area contributed by atoms with Gasteiger partial charge in [-0.25, -0.2) is 0 Å². The van der Waals surface area contributed by atoms with Gasteiger partial charge in [0.05, 0.1) is 17.8 Å². The third kappa shape index (κ3) is 2.84. The molecule has 2 aliphatic rings. The van der Waals surface area contributed by atoms with Crippen LogP contribution in [-0.2, 0) is 4.74 Å². The zero-order chi connectivity index (χ0) is 14.1. The number of nitrogens with two attached hydrogens (primary N) is 1. The molecular formula is C16H31NO2. The van der Waals surface area contributed by atoms with Gasteiger partial charge in [-0.3, -0.25) is 0 Å². The molecule has 0 spiro atoms. The van der Waals surface area contributed by atoms with E-state index in [-0.39, 0.29) is 17.6 Å². The molecule has 0 bridgehead atoms. The molecule has 1 saturated heterocycles. The van der Waals surface area contributed by atoms with Crippen LogP contribution in [0, 0.1) is 11.3 Å². The Morgan fingerprint density at radius 3 is 2.37 bits per heavy atom. The van der Waals surface area contributed by atoms with Crippen molar-refractivity contribution in [2.75, 3.05) is 6.54 Å². The third-order valence-corrected chi connectivity index (χ3v) is 5.62. The van der Waals surface area contributed by atoms with Gasteiger partial charge in [0.25, 0.3) is 0 Å². The summed E-state index contributed by atoms with van der Waals surface area (Å²) in [4.78, 5) is 0. The van der Waals surface area contributed by atoms with E-state index in [2.05, 4.69) is 20.8 Å². The molecule has 0 aromatic heterocycles. The van der Waals surface area contributed by atoms with Crippen LogP contribution in [0.2, 0.25) is 0 Å². The Balaban J connectivity index is 2.23. The first kappa shape index (κ1) is 15.3. The van der Waals surface area contributed by atoms with E-state index in [1.165, 1.54) is 19.3 Å². The van der Waals surface area contributed by atoms with E-state index in [4.69, 9.17) is 10.5 Å². The zero-order valence-corrected chi connectivity index (χ0v) is 12.8. The average molecular weight is 269 g/mol. The first-order valence-electron chi connectivity index (χ1n) is 8.02. The van der Waals surface area contributed by atoms with Crippen LogP contribution >= 0.6 is 0 Å². The summed E-state index contributed by atoms with van der Waals surface area (Å²) in [7, 11) is 0. The van der Waals surface area contributed by atoms with E-state index in [1.807, 2.05) is 0 Å². The maximum absolute atomic E-state index is 11.3. The first-order valence-corrected chi connectivity index (χ1v) is 8.02. The van der Waals surface area contributed by atoms with Crippen LogP contribution in [-0.4, -0.2) is 29.5 Å². The Morgan fingerprint density at radius 2 is 1.84 bits per heavy atom. The van der Waals surface area contributed by atoms with Crippen LogP contribution in [0.1, 0.15) is 65.7 Å². The van der Waals surface area contributed by atoms with Crippen LogP contribution < -0.4 is 5.73 Å². The van der Waals surface area contributed by atoms with Crippen molar-refractivity contribution in [3.05, 3.63) is 0 Å². The number of ether oxygens (including phenoxy) is 1. The number of aliphatic hydroxyl groups is 1. The van der Waals surface area contributed by atoms with Crippen LogP contribution in [0.5, 0.6) is 0 Å². The predicted molar refractivity (Wildman–Crippen MR) is 77.9 cm³/mol. The maximum Gasteiger partial charge on any atom is 0.0764 e. The fraction of sp³-hybridized carbons (Fsp3) is 1.00. The SMILES string of the molecule is CCC1CCCC(CN)(C2(O)CC(C)OC(C)C2)C1. The molecule has 19 heavy (non-hydrogen) atoms. The molecule has 112 valence electrons. The van der Waals surface area contributed by atoms with Gasteiger partial charge in [0.2, 0.25) is 0 Å². The van der Waals surface area contributed by atoms with E-state index in [1.54, 1.807) is 0 Å². The number of rotatable bonds is 3.